The summed E-state index contributed by atoms with van der Waals surface area (Å²) in [4.78, 5) is 11.8. The first-order valence-electron chi connectivity index (χ1n) is 6.73. The zero-order valence-corrected chi connectivity index (χ0v) is 12.8. The number of para-hydroxylation sites is 1. The van der Waals surface area contributed by atoms with Crippen LogP contribution in [0, 0.1) is 0 Å². The fraction of sp³-hybridized carbons (Fsp3) is 0.357. The lowest BCUT2D eigenvalue weighted by Crippen LogP contribution is -2.14. The molecule has 0 atom stereocenters. The number of nitrogens with one attached hydrogen (secondary N) is 1. The average molecular weight is 310 g/mol. The van der Waals surface area contributed by atoms with Crippen LogP contribution in [0.2, 0.25) is 0 Å². The summed E-state index contributed by atoms with van der Waals surface area (Å²) in [6, 6.07) is 7.59. The Morgan fingerprint density at radius 3 is 2.86 bits per heavy atom. The van der Waals surface area contributed by atoms with Crippen LogP contribution in [0.4, 0.5) is 5.69 Å². The van der Waals surface area contributed by atoms with Crippen molar-refractivity contribution in [2.45, 2.75) is 26.3 Å². The predicted molar refractivity (Wildman–Crippen MR) is 85.3 cm³/mol. The first-order chi connectivity index (χ1) is 9.76. The van der Waals surface area contributed by atoms with Crippen molar-refractivity contribution in [1.82, 2.24) is 14.8 Å². The Labute approximate surface area is 130 Å². The van der Waals surface area contributed by atoms with E-state index in [1.54, 1.807) is 6.33 Å². The number of nitrogens with two attached hydrogens (primary N) is 1. The van der Waals surface area contributed by atoms with Crippen molar-refractivity contribution in [1.29, 1.82) is 0 Å². The van der Waals surface area contributed by atoms with Gasteiger partial charge in [-0.2, -0.15) is 0 Å². The summed E-state index contributed by atoms with van der Waals surface area (Å²) in [5.74, 6) is 0.715. The van der Waals surface area contributed by atoms with Gasteiger partial charge in [-0.15, -0.1) is 22.6 Å². The molecule has 2 rings (SSSR count). The molecule has 0 aliphatic rings. The Morgan fingerprint density at radius 1 is 1.38 bits per heavy atom. The van der Waals surface area contributed by atoms with Crippen molar-refractivity contribution < 1.29 is 4.79 Å². The zero-order chi connectivity index (χ0) is 14.4. The van der Waals surface area contributed by atoms with Gasteiger partial charge in [0.05, 0.1) is 5.69 Å². The predicted octanol–water partition coefficient (Wildman–Crippen LogP) is 2.06. The highest BCUT2D eigenvalue weighted by atomic mass is 35.5. The number of benzene rings is 1. The Kier molecular flexibility index (Phi) is 6.84. The molecular formula is C14H20ClN5O. The summed E-state index contributed by atoms with van der Waals surface area (Å²) >= 11 is 0. The van der Waals surface area contributed by atoms with Gasteiger partial charge in [0.2, 0.25) is 5.91 Å². The van der Waals surface area contributed by atoms with Crippen LogP contribution >= 0.6 is 12.4 Å². The number of aryl methyl sites for hydroxylation is 1. The summed E-state index contributed by atoms with van der Waals surface area (Å²) in [5, 5.41) is 11.0. The highest BCUT2D eigenvalue weighted by molar-refractivity contribution is 5.94. The molecule has 0 aliphatic carbocycles. The topological polar surface area (TPSA) is 85.8 Å². The van der Waals surface area contributed by atoms with E-state index in [1.165, 1.54) is 0 Å². The van der Waals surface area contributed by atoms with Gasteiger partial charge < -0.3 is 15.6 Å². The molecule has 0 aliphatic heterocycles. The summed E-state index contributed by atoms with van der Waals surface area (Å²) in [6.45, 7) is 3.31. The van der Waals surface area contributed by atoms with E-state index < -0.39 is 0 Å². The molecule has 1 amide bonds. The number of hydrogen-bond acceptors (Lipinski definition) is 4. The molecule has 1 heterocycles. The van der Waals surface area contributed by atoms with Crippen LogP contribution in [0.3, 0.4) is 0 Å². The van der Waals surface area contributed by atoms with Gasteiger partial charge in [-0.05, 0) is 32.0 Å². The van der Waals surface area contributed by atoms with Crippen molar-refractivity contribution >= 4 is 24.0 Å². The molecule has 2 aromatic rings. The fourth-order valence-electron chi connectivity index (χ4n) is 1.96. The second-order valence-electron chi connectivity index (χ2n) is 4.43. The van der Waals surface area contributed by atoms with Crippen LogP contribution in [0.1, 0.15) is 19.8 Å². The number of halogens is 1. The van der Waals surface area contributed by atoms with Crippen LogP contribution in [0.15, 0.2) is 30.6 Å². The molecule has 114 valence electrons. The number of carbonyl (C=O) groups is 1. The van der Waals surface area contributed by atoms with E-state index in [4.69, 9.17) is 5.73 Å². The Hall–Kier alpha value is -1.92. The van der Waals surface area contributed by atoms with Gasteiger partial charge in [-0.25, -0.2) is 0 Å². The summed E-state index contributed by atoms with van der Waals surface area (Å²) < 4.78 is 1.94. The summed E-state index contributed by atoms with van der Waals surface area (Å²) in [5.41, 5.74) is 7.03. The maximum atomic E-state index is 11.8. The quantitative estimate of drug-likeness (QED) is 0.855. The molecule has 0 saturated carbocycles. The number of hydrogen-bond donors (Lipinski definition) is 2. The molecular weight excluding hydrogens is 290 g/mol. The van der Waals surface area contributed by atoms with Gasteiger partial charge in [0, 0.05) is 18.5 Å². The van der Waals surface area contributed by atoms with Crippen LogP contribution in [0.25, 0.3) is 11.4 Å². The molecule has 1 aromatic carbocycles. The Morgan fingerprint density at radius 2 is 2.14 bits per heavy atom. The minimum atomic E-state index is -0.0366. The number of carbonyl (C=O) groups excluding carboxylic acids is 1. The highest BCUT2D eigenvalue weighted by Gasteiger charge is 2.12. The third-order valence-electron chi connectivity index (χ3n) is 3.01. The molecule has 0 radical (unpaired) electrons. The lowest BCUT2D eigenvalue weighted by molar-refractivity contribution is -0.116. The lowest BCUT2D eigenvalue weighted by atomic mass is 10.1. The minimum absolute atomic E-state index is 0. The van der Waals surface area contributed by atoms with Gasteiger partial charge in [-0.3, -0.25) is 4.79 Å². The molecule has 0 fully saturated rings. The standard InChI is InChI=1S/C14H19N5O.ClH/c1-2-19-10-16-18-14(19)11-6-3-4-7-12(11)17-13(20)8-5-9-15;/h3-4,6-7,10H,2,5,8-9,15H2,1H3,(H,17,20);1H. The van der Waals surface area contributed by atoms with Crippen molar-refractivity contribution in [2.75, 3.05) is 11.9 Å². The van der Waals surface area contributed by atoms with E-state index in [0.29, 0.717) is 19.4 Å². The summed E-state index contributed by atoms with van der Waals surface area (Å²) in [7, 11) is 0. The molecule has 7 heteroatoms. The molecule has 21 heavy (non-hydrogen) atoms. The van der Waals surface area contributed by atoms with E-state index in [9.17, 15) is 4.79 Å². The number of anilines is 1. The molecule has 3 N–H and O–H groups in total. The normalized spacial score (nSPS) is 10.0. The number of rotatable bonds is 6. The molecule has 0 bridgehead atoms. The zero-order valence-electron chi connectivity index (χ0n) is 12.0. The van der Waals surface area contributed by atoms with E-state index in [2.05, 4.69) is 15.5 Å². The van der Waals surface area contributed by atoms with E-state index in [1.807, 2.05) is 35.8 Å². The molecule has 6 nitrogen and oxygen atoms in total. The maximum absolute atomic E-state index is 11.8. The van der Waals surface area contributed by atoms with Crippen LogP contribution in [-0.4, -0.2) is 27.2 Å². The third-order valence-corrected chi connectivity index (χ3v) is 3.01. The van der Waals surface area contributed by atoms with E-state index in [-0.39, 0.29) is 18.3 Å². The Balaban J connectivity index is 0.00000220. The summed E-state index contributed by atoms with van der Waals surface area (Å²) in [6.07, 6.45) is 2.78. The van der Waals surface area contributed by atoms with Crippen molar-refractivity contribution in [2.24, 2.45) is 5.73 Å². The van der Waals surface area contributed by atoms with Crippen LogP contribution in [-0.2, 0) is 11.3 Å². The molecule has 1 aromatic heterocycles. The fourth-order valence-corrected chi connectivity index (χ4v) is 1.96. The second-order valence-corrected chi connectivity index (χ2v) is 4.43. The van der Waals surface area contributed by atoms with Gasteiger partial charge in [-0.1, -0.05) is 12.1 Å². The second kappa shape index (κ2) is 8.39. The van der Waals surface area contributed by atoms with Crippen molar-refractivity contribution in [3.05, 3.63) is 30.6 Å². The largest absolute Gasteiger partial charge is 0.330 e. The number of amides is 1. The van der Waals surface area contributed by atoms with Crippen molar-refractivity contribution in [3.63, 3.8) is 0 Å². The van der Waals surface area contributed by atoms with Gasteiger partial charge in [0.25, 0.3) is 0 Å². The third kappa shape index (κ3) is 4.27. The van der Waals surface area contributed by atoms with Gasteiger partial charge in [0.15, 0.2) is 5.82 Å². The van der Waals surface area contributed by atoms with Gasteiger partial charge in [0.1, 0.15) is 6.33 Å². The van der Waals surface area contributed by atoms with Crippen molar-refractivity contribution in [3.8, 4) is 11.4 Å². The molecule has 0 spiro atoms. The lowest BCUT2D eigenvalue weighted by Gasteiger charge is -2.11. The SMILES string of the molecule is CCn1cnnc1-c1ccccc1NC(=O)CCCN.Cl. The minimum Gasteiger partial charge on any atom is -0.330 e. The van der Waals surface area contributed by atoms with Crippen LogP contribution in [0.5, 0.6) is 0 Å². The number of aromatic nitrogens is 3. The first kappa shape index (κ1) is 17.1. The monoisotopic (exact) mass is 309 g/mol. The highest BCUT2D eigenvalue weighted by Crippen LogP contribution is 2.26. The first-order valence-corrected chi connectivity index (χ1v) is 6.73. The van der Waals surface area contributed by atoms with Gasteiger partial charge >= 0.3 is 0 Å². The Bertz CT molecular complexity index is 584. The maximum Gasteiger partial charge on any atom is 0.224 e. The molecule has 0 saturated heterocycles. The average Bonchev–Trinajstić information content (AvgIpc) is 2.94. The van der Waals surface area contributed by atoms with Crippen LogP contribution < -0.4 is 11.1 Å². The molecule has 0 unspecified atom stereocenters. The smallest absolute Gasteiger partial charge is 0.224 e. The van der Waals surface area contributed by atoms with E-state index in [0.717, 1.165) is 23.6 Å². The van der Waals surface area contributed by atoms with E-state index >= 15 is 0 Å². The number of nitrogens with zero attached hydrogens (tertiary/aromatic N) is 3.